The van der Waals surface area contributed by atoms with Gasteiger partial charge in [-0.05, 0) is 48.4 Å². The first kappa shape index (κ1) is 15.0. The Bertz CT molecular complexity index is 605. The van der Waals surface area contributed by atoms with Gasteiger partial charge in [0.05, 0.1) is 12.2 Å². The molecular weight excluding hydrogens is 282 g/mol. The van der Waals surface area contributed by atoms with Crippen LogP contribution in [0.25, 0.3) is 0 Å². The molecule has 1 unspecified atom stereocenters. The van der Waals surface area contributed by atoms with Crippen LogP contribution in [-0.4, -0.2) is 24.1 Å². The number of aromatic carboxylic acids is 1. The van der Waals surface area contributed by atoms with Gasteiger partial charge in [-0.25, -0.2) is 4.79 Å². The Balaban J connectivity index is 1.74. The molecule has 0 saturated heterocycles. The van der Waals surface area contributed by atoms with E-state index in [1.807, 2.05) is 0 Å². The Hall–Kier alpha value is -1.88. The second-order valence-electron chi connectivity index (χ2n) is 6.47. The quantitative estimate of drug-likeness (QED) is 0.876. The zero-order valence-electron chi connectivity index (χ0n) is 12.7. The summed E-state index contributed by atoms with van der Waals surface area (Å²) in [4.78, 5) is 23.6. The summed E-state index contributed by atoms with van der Waals surface area (Å²) in [6.45, 7) is 0.317. The van der Waals surface area contributed by atoms with Gasteiger partial charge in [-0.2, -0.15) is 0 Å². The number of anilines is 1. The molecule has 1 aromatic carbocycles. The average molecular weight is 303 g/mol. The highest BCUT2D eigenvalue weighted by molar-refractivity contribution is 5.97. The number of hydrogen-bond donors (Lipinski definition) is 2. The molecule has 3 rings (SSSR count). The summed E-state index contributed by atoms with van der Waals surface area (Å²) in [5, 5.41) is 12.1. The second kappa shape index (κ2) is 5.72. The fourth-order valence-electron chi connectivity index (χ4n) is 3.72. The van der Waals surface area contributed by atoms with Crippen LogP contribution < -0.4 is 5.32 Å². The van der Waals surface area contributed by atoms with Gasteiger partial charge in [0.2, 0.25) is 5.91 Å². The summed E-state index contributed by atoms with van der Waals surface area (Å²) in [5.41, 5.74) is 1.68. The molecule has 2 aliphatic carbocycles. The summed E-state index contributed by atoms with van der Waals surface area (Å²) < 4.78 is 5.05. The van der Waals surface area contributed by atoms with Gasteiger partial charge < -0.3 is 15.2 Å². The van der Waals surface area contributed by atoms with Gasteiger partial charge in [0.1, 0.15) is 0 Å². The Kier molecular flexibility index (Phi) is 3.91. The number of carboxylic acids is 1. The normalized spacial score (nSPS) is 21.8. The largest absolute Gasteiger partial charge is 0.478 e. The van der Waals surface area contributed by atoms with E-state index < -0.39 is 5.97 Å². The van der Waals surface area contributed by atoms with Crippen LogP contribution in [0.5, 0.6) is 0 Å². The maximum absolute atomic E-state index is 12.4. The lowest BCUT2D eigenvalue weighted by molar-refractivity contribution is -0.118. The lowest BCUT2D eigenvalue weighted by Crippen LogP contribution is -2.18. The molecule has 0 aliphatic heterocycles. The maximum Gasteiger partial charge on any atom is 0.335 e. The summed E-state index contributed by atoms with van der Waals surface area (Å²) in [6, 6.07) is 4.84. The molecule has 0 heterocycles. The number of carboxylic acid groups (broad SMARTS) is 1. The number of methoxy groups -OCH3 is 1. The van der Waals surface area contributed by atoms with Crippen molar-refractivity contribution >= 4 is 17.6 Å². The molecule has 1 aromatic rings. The third-order valence-electron chi connectivity index (χ3n) is 4.92. The Morgan fingerprint density at radius 2 is 2.05 bits per heavy atom. The van der Waals surface area contributed by atoms with Crippen LogP contribution in [0.15, 0.2) is 18.2 Å². The van der Waals surface area contributed by atoms with Gasteiger partial charge in [-0.1, -0.05) is 12.8 Å². The number of rotatable bonds is 5. The van der Waals surface area contributed by atoms with Crippen LogP contribution in [0.1, 0.15) is 48.0 Å². The van der Waals surface area contributed by atoms with Crippen LogP contribution in [0.2, 0.25) is 0 Å². The van der Waals surface area contributed by atoms with Crippen molar-refractivity contribution in [2.45, 2.75) is 38.7 Å². The van der Waals surface area contributed by atoms with E-state index in [0.717, 1.165) is 24.8 Å². The second-order valence-corrected chi connectivity index (χ2v) is 6.47. The number of nitrogens with one attached hydrogen (secondary N) is 1. The maximum atomic E-state index is 12.4. The smallest absolute Gasteiger partial charge is 0.335 e. The molecule has 5 nitrogen and oxygen atoms in total. The highest BCUT2D eigenvalue weighted by Crippen LogP contribution is 2.63. The molecular formula is C17H21NO4. The van der Waals surface area contributed by atoms with E-state index in [9.17, 15) is 14.7 Å². The summed E-state index contributed by atoms with van der Waals surface area (Å²) in [7, 11) is 1.56. The molecule has 0 radical (unpaired) electrons. The SMILES string of the molecule is COCc1cc(NC(=O)C2CC23CCCC3)cc(C(=O)O)c1. The van der Waals surface area contributed by atoms with E-state index in [0.29, 0.717) is 12.3 Å². The Morgan fingerprint density at radius 1 is 1.32 bits per heavy atom. The third kappa shape index (κ3) is 2.86. The third-order valence-corrected chi connectivity index (χ3v) is 4.92. The van der Waals surface area contributed by atoms with Gasteiger partial charge in [-0.15, -0.1) is 0 Å². The summed E-state index contributed by atoms with van der Waals surface area (Å²) >= 11 is 0. The van der Waals surface area contributed by atoms with Crippen molar-refractivity contribution in [3.63, 3.8) is 0 Å². The molecule has 5 heteroatoms. The number of ether oxygens (including phenoxy) is 1. The Labute approximate surface area is 129 Å². The fourth-order valence-corrected chi connectivity index (χ4v) is 3.72. The van der Waals surface area contributed by atoms with Crippen molar-refractivity contribution in [3.05, 3.63) is 29.3 Å². The van der Waals surface area contributed by atoms with Crippen molar-refractivity contribution < 1.29 is 19.4 Å². The lowest BCUT2D eigenvalue weighted by atomic mass is 10.0. The minimum Gasteiger partial charge on any atom is -0.478 e. The predicted octanol–water partition coefficient (Wildman–Crippen LogP) is 3.05. The van der Waals surface area contributed by atoms with E-state index in [1.54, 1.807) is 19.2 Å². The molecule has 2 fully saturated rings. The van der Waals surface area contributed by atoms with Crippen molar-refractivity contribution in [2.24, 2.45) is 11.3 Å². The molecule has 1 spiro atoms. The van der Waals surface area contributed by atoms with E-state index >= 15 is 0 Å². The topological polar surface area (TPSA) is 75.6 Å². The zero-order valence-corrected chi connectivity index (χ0v) is 12.7. The van der Waals surface area contributed by atoms with Gasteiger partial charge in [0.25, 0.3) is 0 Å². The van der Waals surface area contributed by atoms with E-state index in [4.69, 9.17) is 4.74 Å². The molecule has 1 atom stereocenters. The molecule has 2 N–H and O–H groups in total. The van der Waals surface area contributed by atoms with E-state index in [1.165, 1.54) is 18.9 Å². The Morgan fingerprint density at radius 3 is 2.68 bits per heavy atom. The first-order valence-electron chi connectivity index (χ1n) is 7.71. The number of carbonyl (C=O) groups is 2. The molecule has 0 bridgehead atoms. The van der Waals surface area contributed by atoms with Gasteiger partial charge in [0, 0.05) is 18.7 Å². The average Bonchev–Trinajstić information content (AvgIpc) is 2.97. The number of benzene rings is 1. The summed E-state index contributed by atoms with van der Waals surface area (Å²) in [6.07, 6.45) is 5.71. The minimum atomic E-state index is -1.01. The molecule has 118 valence electrons. The zero-order chi connectivity index (χ0) is 15.7. The van der Waals surface area contributed by atoms with Crippen molar-refractivity contribution in [3.8, 4) is 0 Å². The van der Waals surface area contributed by atoms with Gasteiger partial charge in [0.15, 0.2) is 0 Å². The van der Waals surface area contributed by atoms with Crippen LogP contribution in [0.3, 0.4) is 0 Å². The standard InChI is InChI=1S/C17H21NO4/c1-22-10-11-6-12(16(20)21)8-13(7-11)18-15(19)14-9-17(14)4-2-3-5-17/h6-8,14H,2-5,9-10H2,1H3,(H,18,19)(H,20,21). The highest BCUT2D eigenvalue weighted by Gasteiger charge is 2.58. The first-order valence-corrected chi connectivity index (χ1v) is 7.71. The number of carbonyl (C=O) groups excluding carboxylic acids is 1. The molecule has 0 aromatic heterocycles. The van der Waals surface area contributed by atoms with E-state index in [2.05, 4.69) is 5.32 Å². The molecule has 1 amide bonds. The van der Waals surface area contributed by atoms with Crippen LogP contribution in [0.4, 0.5) is 5.69 Å². The van der Waals surface area contributed by atoms with Crippen molar-refractivity contribution in [2.75, 3.05) is 12.4 Å². The van der Waals surface area contributed by atoms with Crippen molar-refractivity contribution in [1.29, 1.82) is 0 Å². The lowest BCUT2D eigenvalue weighted by Gasteiger charge is -2.11. The minimum absolute atomic E-state index is 0.0211. The van der Waals surface area contributed by atoms with Crippen LogP contribution >= 0.6 is 0 Å². The predicted molar refractivity (Wildman–Crippen MR) is 81.8 cm³/mol. The number of amides is 1. The first-order chi connectivity index (χ1) is 10.5. The van der Waals surface area contributed by atoms with Gasteiger partial charge in [-0.3, -0.25) is 4.79 Å². The highest BCUT2D eigenvalue weighted by atomic mass is 16.5. The van der Waals surface area contributed by atoms with Crippen molar-refractivity contribution in [1.82, 2.24) is 0 Å². The van der Waals surface area contributed by atoms with Gasteiger partial charge >= 0.3 is 5.97 Å². The molecule has 22 heavy (non-hydrogen) atoms. The fraction of sp³-hybridized carbons (Fsp3) is 0.529. The van der Waals surface area contributed by atoms with Crippen LogP contribution in [0, 0.1) is 11.3 Å². The summed E-state index contributed by atoms with van der Waals surface area (Å²) in [5.74, 6) is -0.894. The van der Waals surface area contributed by atoms with E-state index in [-0.39, 0.29) is 22.8 Å². The molecule has 2 aliphatic rings. The molecule has 2 saturated carbocycles. The van der Waals surface area contributed by atoms with Crippen LogP contribution in [-0.2, 0) is 16.1 Å². The monoisotopic (exact) mass is 303 g/mol. The number of hydrogen-bond acceptors (Lipinski definition) is 3.